The number of fused-ring (bicyclic) bond motifs is 2. The lowest BCUT2D eigenvalue weighted by molar-refractivity contribution is -0.123. The Kier molecular flexibility index (Phi) is 4.68. The topological polar surface area (TPSA) is 81.2 Å². The smallest absolute Gasteiger partial charge is 0.359 e. The van der Waals surface area contributed by atoms with Crippen molar-refractivity contribution in [3.8, 4) is 0 Å². The van der Waals surface area contributed by atoms with Crippen molar-refractivity contribution in [3.05, 3.63) is 78.6 Å². The Hall–Kier alpha value is -3.80. The van der Waals surface area contributed by atoms with Gasteiger partial charge in [0.1, 0.15) is 0 Å². The minimum Gasteiger partial charge on any atom is -0.448 e. The van der Waals surface area contributed by atoms with Crippen LogP contribution in [0, 0.1) is 0 Å². The highest BCUT2D eigenvalue weighted by Crippen LogP contribution is 2.23. The first-order valence-electron chi connectivity index (χ1n) is 8.83. The molecule has 0 aliphatic heterocycles. The van der Waals surface area contributed by atoms with E-state index in [-0.39, 0.29) is 5.69 Å². The van der Waals surface area contributed by atoms with Crippen LogP contribution in [0.1, 0.15) is 17.4 Å². The molecule has 28 heavy (non-hydrogen) atoms. The van der Waals surface area contributed by atoms with Crippen molar-refractivity contribution in [1.29, 1.82) is 0 Å². The van der Waals surface area contributed by atoms with E-state index in [1.807, 2.05) is 54.6 Å². The molecule has 0 aliphatic carbocycles. The number of carbonyl (C=O) groups is 2. The second kappa shape index (κ2) is 7.44. The van der Waals surface area contributed by atoms with Crippen LogP contribution in [0.4, 0.5) is 5.69 Å². The fourth-order valence-electron chi connectivity index (χ4n) is 2.90. The van der Waals surface area contributed by atoms with Crippen LogP contribution in [0.15, 0.2) is 72.9 Å². The van der Waals surface area contributed by atoms with Gasteiger partial charge in [-0.25, -0.2) is 9.78 Å². The molecule has 0 aliphatic rings. The lowest BCUT2D eigenvalue weighted by Crippen LogP contribution is -2.30. The van der Waals surface area contributed by atoms with E-state index in [2.05, 4.69) is 15.3 Å². The van der Waals surface area contributed by atoms with Crippen LogP contribution in [0.3, 0.4) is 0 Å². The molecule has 0 saturated heterocycles. The average molecular weight is 371 g/mol. The minimum absolute atomic E-state index is 0.0588. The van der Waals surface area contributed by atoms with Crippen molar-refractivity contribution >= 4 is 39.4 Å². The summed E-state index contributed by atoms with van der Waals surface area (Å²) in [5, 5.41) is 4.74. The van der Waals surface area contributed by atoms with Gasteiger partial charge in [-0.15, -0.1) is 0 Å². The summed E-state index contributed by atoms with van der Waals surface area (Å²) in [5.41, 5.74) is 1.99. The van der Waals surface area contributed by atoms with Gasteiger partial charge in [0.25, 0.3) is 5.91 Å². The third-order valence-corrected chi connectivity index (χ3v) is 4.36. The van der Waals surface area contributed by atoms with Crippen molar-refractivity contribution in [1.82, 2.24) is 9.97 Å². The number of ether oxygens (including phenoxy) is 1. The monoisotopic (exact) mass is 371 g/mol. The number of nitrogens with zero attached hydrogens (tertiary/aromatic N) is 2. The van der Waals surface area contributed by atoms with Crippen molar-refractivity contribution in [2.24, 2.45) is 0 Å². The summed E-state index contributed by atoms with van der Waals surface area (Å²) in [4.78, 5) is 33.3. The second-order valence-corrected chi connectivity index (χ2v) is 6.31. The maximum absolute atomic E-state index is 12.5. The molecular weight excluding hydrogens is 354 g/mol. The first kappa shape index (κ1) is 17.6. The summed E-state index contributed by atoms with van der Waals surface area (Å²) in [6.45, 7) is 1.52. The van der Waals surface area contributed by atoms with Gasteiger partial charge < -0.3 is 10.1 Å². The van der Waals surface area contributed by atoms with E-state index < -0.39 is 18.0 Å². The summed E-state index contributed by atoms with van der Waals surface area (Å²) in [6.07, 6.45) is 0.361. The van der Waals surface area contributed by atoms with Crippen molar-refractivity contribution < 1.29 is 14.3 Å². The lowest BCUT2D eigenvalue weighted by Gasteiger charge is -2.14. The fraction of sp³-hybridized carbons (Fsp3) is 0.0909. The Morgan fingerprint density at radius 3 is 2.50 bits per heavy atom. The summed E-state index contributed by atoms with van der Waals surface area (Å²) in [7, 11) is 0. The zero-order valence-electron chi connectivity index (χ0n) is 15.1. The number of rotatable bonds is 4. The van der Waals surface area contributed by atoms with E-state index in [0.717, 1.165) is 10.8 Å². The predicted molar refractivity (Wildman–Crippen MR) is 107 cm³/mol. The number of esters is 1. The number of carbonyl (C=O) groups excluding carboxylic acids is 2. The SMILES string of the molecule is CC(OC(=O)c1cnc2ccccc2n1)C(=O)Nc1cccc2ccccc12. The second-order valence-electron chi connectivity index (χ2n) is 6.31. The Balaban J connectivity index is 1.48. The van der Waals surface area contributed by atoms with E-state index in [4.69, 9.17) is 4.74 Å². The number of nitrogens with one attached hydrogen (secondary N) is 1. The largest absolute Gasteiger partial charge is 0.448 e. The Labute approximate surface area is 161 Å². The molecule has 0 spiro atoms. The van der Waals surface area contributed by atoms with Gasteiger partial charge in [0.2, 0.25) is 0 Å². The van der Waals surface area contributed by atoms with E-state index in [0.29, 0.717) is 16.7 Å². The number of benzene rings is 3. The number of aromatic nitrogens is 2. The van der Waals surface area contributed by atoms with Crippen molar-refractivity contribution in [2.45, 2.75) is 13.0 Å². The van der Waals surface area contributed by atoms with Gasteiger partial charge in [-0.05, 0) is 30.5 Å². The predicted octanol–water partition coefficient (Wildman–Crippen LogP) is 3.97. The molecule has 1 N–H and O–H groups in total. The maximum Gasteiger partial charge on any atom is 0.359 e. The van der Waals surface area contributed by atoms with Gasteiger partial charge in [-0.1, -0.05) is 48.5 Å². The molecular formula is C22H17N3O3. The van der Waals surface area contributed by atoms with Gasteiger partial charge in [-0.2, -0.15) is 0 Å². The number of para-hydroxylation sites is 2. The molecule has 138 valence electrons. The van der Waals surface area contributed by atoms with Crippen LogP contribution in [-0.4, -0.2) is 27.9 Å². The number of anilines is 1. The van der Waals surface area contributed by atoms with Crippen LogP contribution < -0.4 is 5.32 Å². The molecule has 3 aromatic carbocycles. The van der Waals surface area contributed by atoms with Crippen LogP contribution in [0.25, 0.3) is 21.8 Å². The molecule has 0 bridgehead atoms. The Morgan fingerprint density at radius 2 is 1.64 bits per heavy atom. The van der Waals surface area contributed by atoms with Gasteiger partial charge in [-0.3, -0.25) is 9.78 Å². The first-order chi connectivity index (χ1) is 13.6. The van der Waals surface area contributed by atoms with Gasteiger partial charge in [0, 0.05) is 11.1 Å². The highest BCUT2D eigenvalue weighted by Gasteiger charge is 2.21. The molecule has 6 nitrogen and oxygen atoms in total. The molecule has 1 atom stereocenters. The third kappa shape index (κ3) is 3.53. The molecule has 4 rings (SSSR count). The molecule has 1 aromatic heterocycles. The molecule has 4 aromatic rings. The number of hydrogen-bond donors (Lipinski definition) is 1. The highest BCUT2D eigenvalue weighted by atomic mass is 16.5. The Bertz CT molecular complexity index is 1180. The molecule has 0 fully saturated rings. The van der Waals surface area contributed by atoms with Crippen molar-refractivity contribution in [3.63, 3.8) is 0 Å². The normalized spacial score (nSPS) is 11.9. The first-order valence-corrected chi connectivity index (χ1v) is 8.83. The minimum atomic E-state index is -0.986. The molecule has 0 saturated carbocycles. The van der Waals surface area contributed by atoms with E-state index in [9.17, 15) is 9.59 Å². The fourth-order valence-corrected chi connectivity index (χ4v) is 2.90. The van der Waals surface area contributed by atoms with E-state index in [1.165, 1.54) is 13.1 Å². The lowest BCUT2D eigenvalue weighted by atomic mass is 10.1. The molecule has 1 unspecified atom stereocenters. The summed E-state index contributed by atoms with van der Waals surface area (Å²) in [5.74, 6) is -1.11. The van der Waals surface area contributed by atoms with Crippen LogP contribution in [0.5, 0.6) is 0 Å². The zero-order chi connectivity index (χ0) is 19.5. The molecule has 0 radical (unpaired) electrons. The maximum atomic E-state index is 12.5. The molecule has 1 amide bonds. The van der Waals surface area contributed by atoms with E-state index in [1.54, 1.807) is 12.1 Å². The van der Waals surface area contributed by atoms with Crippen molar-refractivity contribution in [2.75, 3.05) is 5.32 Å². The number of amides is 1. The van der Waals surface area contributed by atoms with Gasteiger partial charge in [0.15, 0.2) is 11.8 Å². The number of hydrogen-bond acceptors (Lipinski definition) is 5. The van der Waals surface area contributed by atoms with Crippen LogP contribution >= 0.6 is 0 Å². The van der Waals surface area contributed by atoms with E-state index >= 15 is 0 Å². The van der Waals surface area contributed by atoms with Crippen LogP contribution in [-0.2, 0) is 9.53 Å². The van der Waals surface area contributed by atoms with Gasteiger partial charge >= 0.3 is 5.97 Å². The Morgan fingerprint density at radius 1 is 0.929 bits per heavy atom. The standard InChI is InChI=1S/C22H17N3O3/c1-14(21(26)25-17-12-6-8-15-7-2-3-9-16(15)17)28-22(27)20-13-23-18-10-4-5-11-19(18)24-20/h2-14H,1H3,(H,25,26). The summed E-state index contributed by atoms with van der Waals surface area (Å²) < 4.78 is 5.28. The molecule has 6 heteroatoms. The van der Waals surface area contributed by atoms with Gasteiger partial charge in [0.05, 0.1) is 17.2 Å². The zero-order valence-corrected chi connectivity index (χ0v) is 15.1. The molecule has 1 heterocycles. The summed E-state index contributed by atoms with van der Waals surface area (Å²) in [6, 6.07) is 20.6. The highest BCUT2D eigenvalue weighted by molar-refractivity contribution is 6.04. The average Bonchev–Trinajstić information content (AvgIpc) is 2.73. The third-order valence-electron chi connectivity index (χ3n) is 4.36. The van der Waals surface area contributed by atoms with Crippen LogP contribution in [0.2, 0.25) is 0 Å². The summed E-state index contributed by atoms with van der Waals surface area (Å²) >= 11 is 0. The quantitative estimate of drug-likeness (QED) is 0.549.